The molecule has 2 aromatic rings. The first kappa shape index (κ1) is 15.2. The van der Waals surface area contributed by atoms with Crippen molar-refractivity contribution >= 4 is 28.8 Å². The van der Waals surface area contributed by atoms with Crippen LogP contribution in [0.3, 0.4) is 0 Å². The SMILES string of the molecule is CCc1cnc(CNC(=O)Nc2cccc(C(C)=O)c2)s1. The van der Waals surface area contributed by atoms with Crippen LogP contribution in [-0.2, 0) is 13.0 Å². The first-order valence-electron chi connectivity index (χ1n) is 6.68. The lowest BCUT2D eigenvalue weighted by Crippen LogP contribution is -2.28. The number of carbonyl (C=O) groups excluding carboxylic acids is 2. The molecule has 2 rings (SSSR count). The van der Waals surface area contributed by atoms with Gasteiger partial charge in [0.15, 0.2) is 5.78 Å². The average Bonchev–Trinajstić information content (AvgIpc) is 2.93. The Labute approximate surface area is 127 Å². The highest BCUT2D eigenvalue weighted by molar-refractivity contribution is 7.11. The van der Waals surface area contributed by atoms with E-state index in [9.17, 15) is 9.59 Å². The van der Waals surface area contributed by atoms with Crippen LogP contribution in [0, 0.1) is 0 Å². The van der Waals surface area contributed by atoms with Gasteiger partial charge in [0.25, 0.3) is 0 Å². The van der Waals surface area contributed by atoms with Crippen LogP contribution in [0.15, 0.2) is 30.5 Å². The number of hydrogen-bond acceptors (Lipinski definition) is 4. The van der Waals surface area contributed by atoms with Crippen molar-refractivity contribution < 1.29 is 9.59 Å². The van der Waals surface area contributed by atoms with Gasteiger partial charge in [-0.3, -0.25) is 4.79 Å². The number of aryl methyl sites for hydroxylation is 1. The van der Waals surface area contributed by atoms with E-state index in [0.29, 0.717) is 17.8 Å². The van der Waals surface area contributed by atoms with Gasteiger partial charge in [-0.2, -0.15) is 0 Å². The number of urea groups is 1. The van der Waals surface area contributed by atoms with Crippen molar-refractivity contribution in [3.05, 3.63) is 45.9 Å². The third-order valence-electron chi connectivity index (χ3n) is 2.88. The molecule has 0 saturated carbocycles. The average molecular weight is 303 g/mol. The van der Waals surface area contributed by atoms with E-state index in [0.717, 1.165) is 11.4 Å². The van der Waals surface area contributed by atoms with Crippen molar-refractivity contribution in [1.29, 1.82) is 0 Å². The van der Waals surface area contributed by atoms with Crippen molar-refractivity contribution in [2.45, 2.75) is 26.8 Å². The third kappa shape index (κ3) is 4.39. The van der Waals surface area contributed by atoms with E-state index in [4.69, 9.17) is 0 Å². The van der Waals surface area contributed by atoms with Crippen LogP contribution in [0.25, 0.3) is 0 Å². The third-order valence-corrected chi connectivity index (χ3v) is 4.02. The molecule has 0 radical (unpaired) electrons. The molecule has 6 heteroatoms. The Morgan fingerprint density at radius 1 is 1.33 bits per heavy atom. The summed E-state index contributed by atoms with van der Waals surface area (Å²) in [7, 11) is 0. The summed E-state index contributed by atoms with van der Waals surface area (Å²) in [6.07, 6.45) is 2.78. The van der Waals surface area contributed by atoms with Gasteiger partial charge in [0.1, 0.15) is 5.01 Å². The maximum atomic E-state index is 11.8. The fraction of sp³-hybridized carbons (Fsp3) is 0.267. The van der Waals surface area contributed by atoms with E-state index < -0.39 is 0 Å². The monoisotopic (exact) mass is 303 g/mol. The fourth-order valence-electron chi connectivity index (χ4n) is 1.74. The van der Waals surface area contributed by atoms with Crippen LogP contribution in [0.4, 0.5) is 10.5 Å². The molecule has 0 saturated heterocycles. The van der Waals surface area contributed by atoms with Gasteiger partial charge in [-0.1, -0.05) is 19.1 Å². The molecule has 2 amide bonds. The van der Waals surface area contributed by atoms with Gasteiger partial charge in [0.05, 0.1) is 6.54 Å². The van der Waals surface area contributed by atoms with Gasteiger partial charge >= 0.3 is 6.03 Å². The molecule has 0 unspecified atom stereocenters. The highest BCUT2D eigenvalue weighted by Gasteiger charge is 2.06. The second kappa shape index (κ2) is 6.99. The van der Waals surface area contributed by atoms with Gasteiger partial charge in [-0.25, -0.2) is 9.78 Å². The highest BCUT2D eigenvalue weighted by atomic mass is 32.1. The van der Waals surface area contributed by atoms with Crippen molar-refractivity contribution in [2.75, 3.05) is 5.32 Å². The molecule has 0 aliphatic heterocycles. The quantitative estimate of drug-likeness (QED) is 0.833. The summed E-state index contributed by atoms with van der Waals surface area (Å²) in [6.45, 7) is 3.95. The number of carbonyl (C=O) groups is 2. The van der Waals surface area contributed by atoms with Crippen LogP contribution in [0.5, 0.6) is 0 Å². The zero-order valence-electron chi connectivity index (χ0n) is 12.0. The molecule has 0 atom stereocenters. The number of aromatic nitrogens is 1. The Balaban J connectivity index is 1.89. The second-order valence-electron chi connectivity index (χ2n) is 4.52. The van der Waals surface area contributed by atoms with E-state index in [-0.39, 0.29) is 11.8 Å². The number of nitrogens with zero attached hydrogens (tertiary/aromatic N) is 1. The van der Waals surface area contributed by atoms with Crippen LogP contribution < -0.4 is 10.6 Å². The molecule has 0 aliphatic rings. The zero-order chi connectivity index (χ0) is 15.2. The lowest BCUT2D eigenvalue weighted by atomic mass is 10.1. The minimum absolute atomic E-state index is 0.0334. The van der Waals surface area contributed by atoms with Gasteiger partial charge in [0, 0.05) is 22.3 Å². The predicted molar refractivity (Wildman–Crippen MR) is 83.8 cm³/mol. The number of ketones is 1. The van der Waals surface area contributed by atoms with Crippen molar-refractivity contribution in [3.8, 4) is 0 Å². The number of benzene rings is 1. The molecule has 0 spiro atoms. The summed E-state index contributed by atoms with van der Waals surface area (Å²) in [5.74, 6) is -0.0334. The van der Waals surface area contributed by atoms with Crippen molar-refractivity contribution in [3.63, 3.8) is 0 Å². The summed E-state index contributed by atoms with van der Waals surface area (Å²) in [5, 5.41) is 6.32. The topological polar surface area (TPSA) is 71.1 Å². The summed E-state index contributed by atoms with van der Waals surface area (Å²) in [6, 6.07) is 6.53. The van der Waals surface area contributed by atoms with Gasteiger partial charge in [0.2, 0.25) is 0 Å². The Morgan fingerprint density at radius 2 is 2.14 bits per heavy atom. The number of amides is 2. The van der Waals surface area contributed by atoms with E-state index >= 15 is 0 Å². The molecule has 1 aromatic carbocycles. The first-order valence-corrected chi connectivity index (χ1v) is 7.49. The zero-order valence-corrected chi connectivity index (χ0v) is 12.8. The maximum Gasteiger partial charge on any atom is 0.319 e. The van der Waals surface area contributed by atoms with Gasteiger partial charge in [-0.15, -0.1) is 11.3 Å². The number of hydrogen-bond donors (Lipinski definition) is 2. The van der Waals surface area contributed by atoms with Crippen molar-refractivity contribution in [1.82, 2.24) is 10.3 Å². The second-order valence-corrected chi connectivity index (χ2v) is 5.72. The Bertz CT molecular complexity index is 652. The Morgan fingerprint density at radius 3 is 2.81 bits per heavy atom. The minimum atomic E-state index is -0.316. The standard InChI is InChI=1S/C15H17N3O2S/c1-3-13-8-16-14(21-13)9-17-15(20)18-12-6-4-5-11(7-12)10(2)19/h4-8H,3,9H2,1-2H3,(H2,17,18,20). The molecular weight excluding hydrogens is 286 g/mol. The normalized spacial score (nSPS) is 10.2. The van der Waals surface area contributed by atoms with E-state index in [1.165, 1.54) is 11.8 Å². The van der Waals surface area contributed by atoms with Crippen LogP contribution >= 0.6 is 11.3 Å². The van der Waals surface area contributed by atoms with Crippen LogP contribution in [0.2, 0.25) is 0 Å². The van der Waals surface area contributed by atoms with Crippen LogP contribution in [0.1, 0.15) is 34.1 Å². The summed E-state index contributed by atoms with van der Waals surface area (Å²) in [5.41, 5.74) is 1.16. The number of Topliss-reactive ketones (excluding diaryl/α,β-unsaturated/α-hetero) is 1. The summed E-state index contributed by atoms with van der Waals surface area (Å²) >= 11 is 1.59. The minimum Gasteiger partial charge on any atom is -0.331 e. The molecule has 2 N–H and O–H groups in total. The first-order chi connectivity index (χ1) is 10.1. The summed E-state index contributed by atoms with van der Waals surface area (Å²) < 4.78 is 0. The number of thiazole rings is 1. The van der Waals surface area contributed by atoms with E-state index in [1.54, 1.807) is 35.6 Å². The van der Waals surface area contributed by atoms with Gasteiger partial charge in [-0.05, 0) is 25.5 Å². The number of nitrogens with one attached hydrogen (secondary N) is 2. The molecule has 0 fully saturated rings. The molecule has 110 valence electrons. The van der Waals surface area contributed by atoms with E-state index in [1.807, 2.05) is 6.20 Å². The molecular formula is C15H17N3O2S. The summed E-state index contributed by atoms with van der Waals surface area (Å²) in [4.78, 5) is 28.5. The lowest BCUT2D eigenvalue weighted by molar-refractivity contribution is 0.101. The predicted octanol–water partition coefficient (Wildman–Crippen LogP) is 3.23. The molecule has 5 nitrogen and oxygen atoms in total. The van der Waals surface area contributed by atoms with Crippen molar-refractivity contribution in [2.24, 2.45) is 0 Å². The molecule has 0 bridgehead atoms. The fourth-order valence-corrected chi connectivity index (χ4v) is 2.54. The highest BCUT2D eigenvalue weighted by Crippen LogP contribution is 2.13. The Kier molecular flexibility index (Phi) is 5.05. The molecule has 21 heavy (non-hydrogen) atoms. The van der Waals surface area contributed by atoms with Gasteiger partial charge < -0.3 is 10.6 Å². The Hall–Kier alpha value is -2.21. The lowest BCUT2D eigenvalue weighted by Gasteiger charge is -2.07. The smallest absolute Gasteiger partial charge is 0.319 e. The number of anilines is 1. The van der Waals surface area contributed by atoms with Crippen LogP contribution in [-0.4, -0.2) is 16.8 Å². The largest absolute Gasteiger partial charge is 0.331 e. The number of rotatable bonds is 5. The molecule has 1 heterocycles. The van der Waals surface area contributed by atoms with E-state index in [2.05, 4.69) is 22.5 Å². The maximum absolute atomic E-state index is 11.8. The molecule has 0 aliphatic carbocycles. The molecule has 1 aromatic heterocycles.